The van der Waals surface area contributed by atoms with Crippen molar-refractivity contribution in [3.05, 3.63) is 71.3 Å². The van der Waals surface area contributed by atoms with E-state index in [0.717, 1.165) is 17.1 Å². The van der Waals surface area contributed by atoms with E-state index in [2.05, 4.69) is 5.32 Å². The number of rotatable bonds is 6. The van der Waals surface area contributed by atoms with E-state index in [1.54, 1.807) is 6.26 Å². The van der Waals surface area contributed by atoms with E-state index >= 15 is 0 Å². The third-order valence-electron chi connectivity index (χ3n) is 3.43. The fourth-order valence-corrected chi connectivity index (χ4v) is 2.33. The van der Waals surface area contributed by atoms with Crippen LogP contribution in [0.4, 0.5) is 0 Å². The number of halogens is 1. The second-order valence-electron chi connectivity index (χ2n) is 5.13. The summed E-state index contributed by atoms with van der Waals surface area (Å²) in [6.07, 6.45) is 2.58. The average Bonchev–Trinajstić information content (AvgIpc) is 3.23. The molecule has 4 nitrogen and oxygen atoms in total. The van der Waals surface area contributed by atoms with Gasteiger partial charge in [-0.05, 0) is 48.5 Å². The van der Waals surface area contributed by atoms with Gasteiger partial charge in [0.2, 0.25) is 5.91 Å². The summed E-state index contributed by atoms with van der Waals surface area (Å²) in [5, 5.41) is 3.52. The average molecular weight is 330 g/mol. The van der Waals surface area contributed by atoms with E-state index in [9.17, 15) is 4.79 Å². The topological polar surface area (TPSA) is 55.4 Å². The molecular weight excluding hydrogens is 314 g/mol. The third kappa shape index (κ3) is 4.27. The monoisotopic (exact) mass is 329 g/mol. The standard InChI is InChI=1S/C18H16ClNO3/c19-14-5-3-13(4-6-14)17-9-7-16(23-17)12-20-18(21)10-8-15-2-1-11-22-15/h1-7,9,11H,8,10,12H2,(H,20,21). The van der Waals surface area contributed by atoms with Crippen LogP contribution in [0.15, 0.2) is 63.6 Å². The van der Waals surface area contributed by atoms with Crippen molar-refractivity contribution in [2.24, 2.45) is 0 Å². The summed E-state index contributed by atoms with van der Waals surface area (Å²) in [6, 6.07) is 14.8. The van der Waals surface area contributed by atoms with Crippen LogP contribution in [0, 0.1) is 0 Å². The molecule has 0 fully saturated rings. The van der Waals surface area contributed by atoms with E-state index in [0.29, 0.717) is 30.2 Å². The van der Waals surface area contributed by atoms with Crippen LogP contribution in [-0.4, -0.2) is 5.91 Å². The van der Waals surface area contributed by atoms with Crippen molar-refractivity contribution in [2.45, 2.75) is 19.4 Å². The van der Waals surface area contributed by atoms with Gasteiger partial charge in [0, 0.05) is 23.4 Å². The quantitative estimate of drug-likeness (QED) is 0.727. The molecule has 0 aliphatic carbocycles. The second kappa shape index (κ2) is 7.20. The molecule has 1 aromatic carbocycles. The first-order valence-electron chi connectivity index (χ1n) is 7.34. The number of carbonyl (C=O) groups is 1. The first-order valence-corrected chi connectivity index (χ1v) is 7.72. The second-order valence-corrected chi connectivity index (χ2v) is 5.57. The van der Waals surface area contributed by atoms with Gasteiger partial charge in [0.1, 0.15) is 17.3 Å². The van der Waals surface area contributed by atoms with Gasteiger partial charge in [-0.3, -0.25) is 4.79 Å². The Morgan fingerprint density at radius 3 is 2.61 bits per heavy atom. The Hall–Kier alpha value is -2.46. The minimum Gasteiger partial charge on any atom is -0.469 e. The van der Waals surface area contributed by atoms with Gasteiger partial charge >= 0.3 is 0 Å². The lowest BCUT2D eigenvalue weighted by Gasteiger charge is -2.02. The summed E-state index contributed by atoms with van der Waals surface area (Å²) < 4.78 is 10.9. The molecule has 3 rings (SSSR count). The van der Waals surface area contributed by atoms with Crippen molar-refractivity contribution in [3.8, 4) is 11.3 Å². The zero-order valence-electron chi connectivity index (χ0n) is 12.4. The Balaban J connectivity index is 1.50. The first kappa shape index (κ1) is 15.4. The number of carbonyl (C=O) groups excluding carboxylic acids is 1. The molecule has 0 saturated carbocycles. The fraction of sp³-hybridized carbons (Fsp3) is 0.167. The summed E-state index contributed by atoms with van der Waals surface area (Å²) in [6.45, 7) is 0.366. The fourth-order valence-electron chi connectivity index (χ4n) is 2.21. The summed E-state index contributed by atoms with van der Waals surface area (Å²) in [7, 11) is 0. The minimum absolute atomic E-state index is 0.0363. The highest BCUT2D eigenvalue weighted by atomic mass is 35.5. The molecule has 2 heterocycles. The van der Waals surface area contributed by atoms with E-state index in [4.69, 9.17) is 20.4 Å². The van der Waals surface area contributed by atoms with Gasteiger partial charge in [-0.15, -0.1) is 0 Å². The minimum atomic E-state index is -0.0363. The number of aryl methyl sites for hydroxylation is 1. The molecule has 23 heavy (non-hydrogen) atoms. The number of benzene rings is 1. The van der Waals surface area contributed by atoms with Crippen molar-refractivity contribution < 1.29 is 13.6 Å². The largest absolute Gasteiger partial charge is 0.469 e. The Morgan fingerprint density at radius 2 is 1.87 bits per heavy atom. The maximum atomic E-state index is 11.8. The van der Waals surface area contributed by atoms with Crippen molar-refractivity contribution in [3.63, 3.8) is 0 Å². The Labute approximate surface area is 139 Å². The van der Waals surface area contributed by atoms with Crippen LogP contribution >= 0.6 is 11.6 Å². The Morgan fingerprint density at radius 1 is 1.04 bits per heavy atom. The molecule has 0 radical (unpaired) electrons. The molecule has 118 valence electrons. The maximum absolute atomic E-state index is 11.8. The van der Waals surface area contributed by atoms with Gasteiger partial charge in [-0.25, -0.2) is 0 Å². The number of hydrogen-bond acceptors (Lipinski definition) is 3. The molecule has 3 aromatic rings. The van der Waals surface area contributed by atoms with Crippen molar-refractivity contribution in [1.82, 2.24) is 5.32 Å². The predicted octanol–water partition coefficient (Wildman–Crippen LogP) is 4.44. The molecular formula is C18H16ClNO3. The van der Waals surface area contributed by atoms with Crippen molar-refractivity contribution >= 4 is 17.5 Å². The number of nitrogens with one attached hydrogen (secondary N) is 1. The number of amides is 1. The van der Waals surface area contributed by atoms with Crippen LogP contribution < -0.4 is 5.32 Å². The van der Waals surface area contributed by atoms with E-state index in [1.165, 1.54) is 0 Å². The highest BCUT2D eigenvalue weighted by Crippen LogP contribution is 2.23. The smallest absolute Gasteiger partial charge is 0.220 e. The number of furan rings is 2. The summed E-state index contributed by atoms with van der Waals surface area (Å²) in [5.41, 5.74) is 0.949. The van der Waals surface area contributed by atoms with Crippen LogP contribution in [0.3, 0.4) is 0 Å². The molecule has 1 amide bonds. The molecule has 0 saturated heterocycles. The lowest BCUT2D eigenvalue weighted by molar-refractivity contribution is -0.121. The van der Waals surface area contributed by atoms with Gasteiger partial charge in [0.05, 0.1) is 12.8 Å². The summed E-state index contributed by atoms with van der Waals surface area (Å²) in [4.78, 5) is 11.8. The first-order chi connectivity index (χ1) is 11.2. The van der Waals surface area contributed by atoms with E-state index in [1.807, 2.05) is 48.5 Å². The van der Waals surface area contributed by atoms with Gasteiger partial charge in [0.15, 0.2) is 0 Å². The number of hydrogen-bond donors (Lipinski definition) is 1. The molecule has 0 bridgehead atoms. The SMILES string of the molecule is O=C(CCc1ccco1)NCc1ccc(-c2ccc(Cl)cc2)o1. The molecule has 0 aliphatic heterocycles. The van der Waals surface area contributed by atoms with Crippen LogP contribution in [0.25, 0.3) is 11.3 Å². The maximum Gasteiger partial charge on any atom is 0.220 e. The molecule has 5 heteroatoms. The van der Waals surface area contributed by atoms with Crippen molar-refractivity contribution in [1.29, 1.82) is 0 Å². The molecule has 0 atom stereocenters. The van der Waals surface area contributed by atoms with Crippen molar-refractivity contribution in [2.75, 3.05) is 0 Å². The zero-order valence-corrected chi connectivity index (χ0v) is 13.2. The normalized spacial score (nSPS) is 10.7. The van der Waals surface area contributed by atoms with E-state index < -0.39 is 0 Å². The predicted molar refractivity (Wildman–Crippen MR) is 88.0 cm³/mol. The molecule has 1 N–H and O–H groups in total. The van der Waals surface area contributed by atoms with Gasteiger partial charge in [-0.2, -0.15) is 0 Å². The lowest BCUT2D eigenvalue weighted by atomic mass is 10.2. The van der Waals surface area contributed by atoms with Crippen LogP contribution in [-0.2, 0) is 17.8 Å². The van der Waals surface area contributed by atoms with Gasteiger partial charge < -0.3 is 14.2 Å². The van der Waals surface area contributed by atoms with Crippen LogP contribution in [0.5, 0.6) is 0 Å². The highest BCUT2D eigenvalue weighted by Gasteiger charge is 2.07. The summed E-state index contributed by atoms with van der Waals surface area (Å²) >= 11 is 5.87. The Kier molecular flexibility index (Phi) is 4.83. The summed E-state index contributed by atoms with van der Waals surface area (Å²) in [5.74, 6) is 2.23. The van der Waals surface area contributed by atoms with Crippen LogP contribution in [0.2, 0.25) is 5.02 Å². The highest BCUT2D eigenvalue weighted by molar-refractivity contribution is 6.30. The van der Waals surface area contributed by atoms with Gasteiger partial charge in [-0.1, -0.05) is 11.6 Å². The van der Waals surface area contributed by atoms with E-state index in [-0.39, 0.29) is 5.91 Å². The zero-order chi connectivity index (χ0) is 16.1. The lowest BCUT2D eigenvalue weighted by Crippen LogP contribution is -2.22. The molecule has 0 unspecified atom stereocenters. The third-order valence-corrected chi connectivity index (χ3v) is 3.68. The molecule has 0 aliphatic rings. The van der Waals surface area contributed by atoms with Crippen LogP contribution in [0.1, 0.15) is 17.9 Å². The Bertz CT molecular complexity index is 760. The van der Waals surface area contributed by atoms with Gasteiger partial charge in [0.25, 0.3) is 0 Å². The molecule has 0 spiro atoms. The molecule has 2 aromatic heterocycles.